The molecule has 0 aliphatic rings. The van der Waals surface area contributed by atoms with Crippen molar-refractivity contribution in [2.45, 2.75) is 25.3 Å². The highest BCUT2D eigenvalue weighted by Gasteiger charge is 2.38. The summed E-state index contributed by atoms with van der Waals surface area (Å²) in [5, 5.41) is 14.5. The van der Waals surface area contributed by atoms with Crippen LogP contribution < -0.4 is 10.6 Å². The van der Waals surface area contributed by atoms with Crippen LogP contribution in [0.5, 0.6) is 0 Å². The maximum absolute atomic E-state index is 13.5. The van der Waals surface area contributed by atoms with Gasteiger partial charge in [-0.25, -0.2) is 4.98 Å². The molecule has 3 aromatic rings. The Bertz CT molecular complexity index is 1070. The molecular formula is C21H18F6N4O. The summed E-state index contributed by atoms with van der Waals surface area (Å²) < 4.78 is 79.2. The number of aliphatic hydroxyl groups excluding tert-OH is 1. The molecule has 0 radical (unpaired) electrons. The second kappa shape index (κ2) is 9.03. The van der Waals surface area contributed by atoms with Crippen molar-refractivity contribution in [1.29, 1.82) is 0 Å². The number of hydrogen-bond donors (Lipinski definition) is 3. The predicted molar refractivity (Wildman–Crippen MR) is 107 cm³/mol. The molecule has 0 saturated heterocycles. The summed E-state index contributed by atoms with van der Waals surface area (Å²) in [7, 11) is 0. The third-order valence-corrected chi connectivity index (χ3v) is 4.36. The molecule has 0 saturated carbocycles. The van der Waals surface area contributed by atoms with Crippen molar-refractivity contribution in [3.8, 4) is 11.3 Å². The molecule has 3 rings (SSSR count). The summed E-state index contributed by atoms with van der Waals surface area (Å²) in [6, 6.07) is 11.0. The molecule has 0 aliphatic heterocycles. The van der Waals surface area contributed by atoms with Crippen LogP contribution in [0.4, 0.5) is 43.8 Å². The molecule has 1 aromatic heterocycles. The van der Waals surface area contributed by atoms with Gasteiger partial charge in [0.1, 0.15) is 5.82 Å². The largest absolute Gasteiger partial charge is 0.418 e. The number of anilines is 3. The van der Waals surface area contributed by atoms with Gasteiger partial charge in [-0.05, 0) is 25.1 Å². The number of rotatable bonds is 6. The maximum Gasteiger partial charge on any atom is 0.418 e. The van der Waals surface area contributed by atoms with E-state index in [2.05, 4.69) is 20.6 Å². The average molecular weight is 456 g/mol. The molecule has 32 heavy (non-hydrogen) atoms. The standard InChI is InChI=1S/C21H18F6N4O/c1-12(11-32)28-19-30-17(13-5-3-2-4-6-13)10-18(31-19)29-16-8-7-14(20(22,23)24)9-15(16)21(25,26)27/h2-10,12,32H,11H2,1H3,(H2,28,29,30,31)/t12-/m0/s1. The maximum atomic E-state index is 13.5. The zero-order valence-corrected chi connectivity index (χ0v) is 16.6. The molecule has 1 heterocycles. The number of nitrogens with one attached hydrogen (secondary N) is 2. The van der Waals surface area contributed by atoms with Crippen LogP contribution >= 0.6 is 0 Å². The fraction of sp³-hybridized carbons (Fsp3) is 0.238. The predicted octanol–water partition coefficient (Wildman–Crippen LogP) is 5.72. The number of aliphatic hydroxyl groups is 1. The van der Waals surface area contributed by atoms with Gasteiger partial charge in [0.2, 0.25) is 5.95 Å². The number of benzene rings is 2. The third-order valence-electron chi connectivity index (χ3n) is 4.36. The highest BCUT2D eigenvalue weighted by atomic mass is 19.4. The Morgan fingerprint density at radius 1 is 0.906 bits per heavy atom. The number of hydrogen-bond acceptors (Lipinski definition) is 5. The number of nitrogens with zero attached hydrogens (tertiary/aromatic N) is 2. The molecule has 0 unspecified atom stereocenters. The van der Waals surface area contributed by atoms with E-state index in [0.29, 0.717) is 23.4 Å². The Morgan fingerprint density at radius 3 is 2.19 bits per heavy atom. The van der Waals surface area contributed by atoms with Gasteiger partial charge >= 0.3 is 12.4 Å². The SMILES string of the molecule is C[C@@H](CO)Nc1nc(Nc2ccc(C(F)(F)F)cc2C(F)(F)F)cc(-c2ccccc2)n1. The van der Waals surface area contributed by atoms with Crippen LogP contribution in [0, 0.1) is 0 Å². The summed E-state index contributed by atoms with van der Waals surface area (Å²) >= 11 is 0. The number of aromatic nitrogens is 2. The summed E-state index contributed by atoms with van der Waals surface area (Å²) in [5.41, 5.74) is -2.49. The van der Waals surface area contributed by atoms with Crippen molar-refractivity contribution < 1.29 is 31.4 Å². The summed E-state index contributed by atoms with van der Waals surface area (Å²) in [4.78, 5) is 8.41. The molecule has 2 aromatic carbocycles. The van der Waals surface area contributed by atoms with Crippen molar-refractivity contribution in [1.82, 2.24) is 9.97 Å². The van der Waals surface area contributed by atoms with Crippen molar-refractivity contribution in [3.05, 3.63) is 65.7 Å². The Hall–Kier alpha value is -3.34. The van der Waals surface area contributed by atoms with Crippen LogP contribution in [0.25, 0.3) is 11.3 Å². The smallest absolute Gasteiger partial charge is 0.394 e. The number of halogens is 6. The first-order chi connectivity index (χ1) is 15.0. The van der Waals surface area contributed by atoms with Crippen molar-refractivity contribution in [2.24, 2.45) is 0 Å². The molecule has 5 nitrogen and oxygen atoms in total. The monoisotopic (exact) mass is 456 g/mol. The van der Waals surface area contributed by atoms with Gasteiger partial charge in [-0.2, -0.15) is 31.3 Å². The lowest BCUT2D eigenvalue weighted by atomic mass is 10.1. The van der Waals surface area contributed by atoms with E-state index in [1.807, 2.05) is 0 Å². The lowest BCUT2D eigenvalue weighted by Crippen LogP contribution is -2.21. The first-order valence-electron chi connectivity index (χ1n) is 9.34. The molecular weight excluding hydrogens is 438 g/mol. The lowest BCUT2D eigenvalue weighted by Gasteiger charge is -2.18. The van der Waals surface area contributed by atoms with Crippen molar-refractivity contribution in [2.75, 3.05) is 17.2 Å². The van der Waals surface area contributed by atoms with Crippen LogP contribution in [-0.2, 0) is 12.4 Å². The summed E-state index contributed by atoms with van der Waals surface area (Å²) in [5.74, 6) is -0.0485. The van der Waals surface area contributed by atoms with E-state index in [-0.39, 0.29) is 24.4 Å². The summed E-state index contributed by atoms with van der Waals surface area (Å²) in [6.07, 6.45) is -9.96. The van der Waals surface area contributed by atoms with Gasteiger partial charge in [-0.3, -0.25) is 0 Å². The molecule has 0 fully saturated rings. The molecule has 0 spiro atoms. The van der Waals surface area contributed by atoms with Gasteiger partial charge in [0.05, 0.1) is 29.1 Å². The second-order valence-corrected chi connectivity index (χ2v) is 6.94. The van der Waals surface area contributed by atoms with E-state index in [1.54, 1.807) is 37.3 Å². The van der Waals surface area contributed by atoms with Crippen LogP contribution in [0.2, 0.25) is 0 Å². The molecule has 0 aliphatic carbocycles. The van der Waals surface area contributed by atoms with Gasteiger partial charge in [-0.1, -0.05) is 30.3 Å². The van der Waals surface area contributed by atoms with Crippen molar-refractivity contribution in [3.63, 3.8) is 0 Å². The van der Waals surface area contributed by atoms with Crippen molar-refractivity contribution >= 4 is 17.5 Å². The molecule has 0 amide bonds. The third kappa shape index (κ3) is 5.67. The fourth-order valence-corrected chi connectivity index (χ4v) is 2.80. The lowest BCUT2D eigenvalue weighted by molar-refractivity contribution is -0.142. The van der Waals surface area contributed by atoms with E-state index in [0.717, 1.165) is 0 Å². The Labute approximate surface area is 179 Å². The Morgan fingerprint density at radius 2 is 1.59 bits per heavy atom. The topological polar surface area (TPSA) is 70.1 Å². The van der Waals surface area contributed by atoms with E-state index in [1.165, 1.54) is 6.07 Å². The van der Waals surface area contributed by atoms with Gasteiger partial charge in [0, 0.05) is 17.7 Å². The normalized spacial score (nSPS) is 13.0. The highest BCUT2D eigenvalue weighted by molar-refractivity contribution is 5.69. The number of alkyl halides is 6. The first kappa shape index (κ1) is 23.3. The molecule has 0 bridgehead atoms. The van der Waals surface area contributed by atoms with E-state index >= 15 is 0 Å². The zero-order chi connectivity index (χ0) is 23.5. The van der Waals surface area contributed by atoms with Crippen LogP contribution in [0.3, 0.4) is 0 Å². The Kier molecular flexibility index (Phi) is 6.58. The van der Waals surface area contributed by atoms with Gasteiger partial charge < -0.3 is 15.7 Å². The minimum absolute atomic E-state index is 0.0240. The van der Waals surface area contributed by atoms with E-state index < -0.39 is 35.2 Å². The van der Waals surface area contributed by atoms with E-state index in [9.17, 15) is 31.4 Å². The molecule has 11 heteroatoms. The first-order valence-corrected chi connectivity index (χ1v) is 9.34. The van der Waals surface area contributed by atoms with Gasteiger partial charge in [0.15, 0.2) is 0 Å². The summed E-state index contributed by atoms with van der Waals surface area (Å²) in [6.45, 7) is 1.39. The molecule has 1 atom stereocenters. The van der Waals surface area contributed by atoms with Crippen LogP contribution in [0.15, 0.2) is 54.6 Å². The molecule has 3 N–H and O–H groups in total. The van der Waals surface area contributed by atoms with Gasteiger partial charge in [-0.15, -0.1) is 0 Å². The van der Waals surface area contributed by atoms with Crippen LogP contribution in [0.1, 0.15) is 18.1 Å². The Balaban J connectivity index is 2.07. The highest BCUT2D eigenvalue weighted by Crippen LogP contribution is 2.40. The quantitative estimate of drug-likeness (QED) is 0.414. The van der Waals surface area contributed by atoms with Gasteiger partial charge in [0.25, 0.3) is 0 Å². The average Bonchev–Trinajstić information content (AvgIpc) is 2.73. The second-order valence-electron chi connectivity index (χ2n) is 6.94. The van der Waals surface area contributed by atoms with E-state index in [4.69, 9.17) is 0 Å². The minimum atomic E-state index is -5.04. The molecule has 170 valence electrons. The van der Waals surface area contributed by atoms with Crippen LogP contribution in [-0.4, -0.2) is 27.7 Å². The minimum Gasteiger partial charge on any atom is -0.394 e. The fourth-order valence-electron chi connectivity index (χ4n) is 2.80. The zero-order valence-electron chi connectivity index (χ0n) is 16.6.